The Morgan fingerprint density at radius 2 is 2.23 bits per heavy atom. The molecule has 0 saturated heterocycles. The van der Waals surface area contributed by atoms with Crippen LogP contribution in [0.4, 0.5) is 4.39 Å². The van der Waals surface area contributed by atoms with Crippen LogP contribution in [-0.4, -0.2) is 13.3 Å². The molecule has 0 aromatic heterocycles. The molecule has 2 nitrogen and oxygen atoms in total. The van der Waals surface area contributed by atoms with Gasteiger partial charge in [0.1, 0.15) is 19.0 Å². The van der Waals surface area contributed by atoms with E-state index in [0.29, 0.717) is 17.3 Å². The standard InChI is InChI=1S/C9H11ClFNO/c10-8-1-2-9(13-4-3-11)7(5-8)6-12/h1-2,5H,3-4,6,12H2. The Kier molecular flexibility index (Phi) is 3.99. The molecule has 72 valence electrons. The van der Waals surface area contributed by atoms with Crippen molar-refractivity contribution in [3.63, 3.8) is 0 Å². The van der Waals surface area contributed by atoms with Crippen LogP contribution in [0.25, 0.3) is 0 Å². The first kappa shape index (κ1) is 10.3. The van der Waals surface area contributed by atoms with Gasteiger partial charge in [-0.3, -0.25) is 0 Å². The predicted molar refractivity (Wildman–Crippen MR) is 50.8 cm³/mol. The van der Waals surface area contributed by atoms with Crippen LogP contribution >= 0.6 is 11.6 Å². The average molecular weight is 204 g/mol. The van der Waals surface area contributed by atoms with Gasteiger partial charge in [0.25, 0.3) is 0 Å². The number of benzene rings is 1. The van der Waals surface area contributed by atoms with E-state index in [0.717, 1.165) is 5.56 Å². The van der Waals surface area contributed by atoms with E-state index in [1.807, 2.05) is 0 Å². The Bertz CT molecular complexity index is 280. The number of hydrogen-bond donors (Lipinski definition) is 1. The molecule has 13 heavy (non-hydrogen) atoms. The molecule has 0 fully saturated rings. The molecule has 0 amide bonds. The number of alkyl halides is 1. The second-order valence-electron chi connectivity index (χ2n) is 2.49. The summed E-state index contributed by atoms with van der Waals surface area (Å²) in [7, 11) is 0. The zero-order chi connectivity index (χ0) is 9.68. The second-order valence-corrected chi connectivity index (χ2v) is 2.93. The molecule has 1 rings (SSSR count). The zero-order valence-electron chi connectivity index (χ0n) is 7.09. The molecule has 0 aliphatic rings. The van der Waals surface area contributed by atoms with Gasteiger partial charge in [-0.1, -0.05) is 11.6 Å². The second kappa shape index (κ2) is 5.04. The smallest absolute Gasteiger partial charge is 0.124 e. The first-order valence-electron chi connectivity index (χ1n) is 3.95. The van der Waals surface area contributed by atoms with Crippen LogP contribution in [0.1, 0.15) is 5.56 Å². The van der Waals surface area contributed by atoms with E-state index in [9.17, 15) is 4.39 Å². The summed E-state index contributed by atoms with van der Waals surface area (Å²) in [4.78, 5) is 0. The molecule has 0 atom stereocenters. The normalized spacial score (nSPS) is 10.1. The van der Waals surface area contributed by atoms with Crippen LogP contribution in [0.2, 0.25) is 5.02 Å². The van der Waals surface area contributed by atoms with Gasteiger partial charge in [-0.15, -0.1) is 0 Å². The fourth-order valence-corrected chi connectivity index (χ4v) is 1.19. The van der Waals surface area contributed by atoms with Gasteiger partial charge < -0.3 is 10.5 Å². The minimum Gasteiger partial charge on any atom is -0.491 e. The van der Waals surface area contributed by atoms with E-state index in [1.54, 1.807) is 18.2 Å². The fourth-order valence-electron chi connectivity index (χ4n) is 0.997. The summed E-state index contributed by atoms with van der Waals surface area (Å²) in [6, 6.07) is 5.10. The SMILES string of the molecule is NCc1cc(Cl)ccc1OCCF. The number of hydrogen-bond acceptors (Lipinski definition) is 2. The van der Waals surface area contributed by atoms with E-state index < -0.39 is 6.67 Å². The molecule has 0 aliphatic carbocycles. The summed E-state index contributed by atoms with van der Waals surface area (Å²) in [5, 5.41) is 0.605. The van der Waals surface area contributed by atoms with Crippen LogP contribution in [0.15, 0.2) is 18.2 Å². The van der Waals surface area contributed by atoms with Crippen LogP contribution in [0.3, 0.4) is 0 Å². The molecular weight excluding hydrogens is 193 g/mol. The molecule has 0 heterocycles. The van der Waals surface area contributed by atoms with Gasteiger partial charge in [0.2, 0.25) is 0 Å². The third-order valence-corrected chi connectivity index (χ3v) is 1.81. The van der Waals surface area contributed by atoms with Gasteiger partial charge in [0.15, 0.2) is 0 Å². The van der Waals surface area contributed by atoms with Crippen molar-refractivity contribution < 1.29 is 9.13 Å². The van der Waals surface area contributed by atoms with E-state index in [-0.39, 0.29) is 6.61 Å². The van der Waals surface area contributed by atoms with Crippen molar-refractivity contribution in [3.8, 4) is 5.75 Å². The Morgan fingerprint density at radius 3 is 2.85 bits per heavy atom. The van der Waals surface area contributed by atoms with Crippen molar-refractivity contribution in [3.05, 3.63) is 28.8 Å². The summed E-state index contributed by atoms with van der Waals surface area (Å²) in [6.45, 7) is -0.122. The van der Waals surface area contributed by atoms with Gasteiger partial charge >= 0.3 is 0 Å². The van der Waals surface area contributed by atoms with Gasteiger partial charge in [-0.2, -0.15) is 0 Å². The lowest BCUT2D eigenvalue weighted by atomic mass is 10.2. The van der Waals surface area contributed by atoms with Crippen molar-refractivity contribution in [2.45, 2.75) is 6.54 Å². The summed E-state index contributed by atoms with van der Waals surface area (Å²) in [5.74, 6) is 0.601. The summed E-state index contributed by atoms with van der Waals surface area (Å²) in [6.07, 6.45) is 0. The van der Waals surface area contributed by atoms with Gasteiger partial charge in [0, 0.05) is 17.1 Å². The van der Waals surface area contributed by atoms with Crippen LogP contribution in [0, 0.1) is 0 Å². The summed E-state index contributed by atoms with van der Waals surface area (Å²) < 4.78 is 16.9. The highest BCUT2D eigenvalue weighted by Gasteiger charge is 2.02. The quantitative estimate of drug-likeness (QED) is 0.814. The molecule has 0 spiro atoms. The highest BCUT2D eigenvalue weighted by molar-refractivity contribution is 6.30. The molecular formula is C9H11ClFNO. The molecule has 0 bridgehead atoms. The average Bonchev–Trinajstić information content (AvgIpc) is 2.16. The summed E-state index contributed by atoms with van der Waals surface area (Å²) in [5.41, 5.74) is 6.25. The Hall–Kier alpha value is -0.800. The number of halogens is 2. The molecule has 0 aliphatic heterocycles. The zero-order valence-corrected chi connectivity index (χ0v) is 7.85. The van der Waals surface area contributed by atoms with Gasteiger partial charge in [-0.25, -0.2) is 4.39 Å². The molecule has 4 heteroatoms. The molecule has 0 unspecified atom stereocenters. The van der Waals surface area contributed by atoms with Crippen molar-refractivity contribution in [2.75, 3.05) is 13.3 Å². The third kappa shape index (κ3) is 2.86. The minimum absolute atomic E-state index is 0.0502. The van der Waals surface area contributed by atoms with Crippen LogP contribution in [0.5, 0.6) is 5.75 Å². The highest BCUT2D eigenvalue weighted by Crippen LogP contribution is 2.22. The third-order valence-electron chi connectivity index (χ3n) is 1.58. The Morgan fingerprint density at radius 1 is 1.46 bits per heavy atom. The number of nitrogens with two attached hydrogens (primary N) is 1. The topological polar surface area (TPSA) is 35.2 Å². The number of rotatable bonds is 4. The lowest BCUT2D eigenvalue weighted by Crippen LogP contribution is -2.04. The first-order chi connectivity index (χ1) is 6.27. The van der Waals surface area contributed by atoms with Gasteiger partial charge in [0.05, 0.1) is 0 Å². The van der Waals surface area contributed by atoms with Crippen LogP contribution in [-0.2, 0) is 6.54 Å². The molecule has 0 saturated carbocycles. The van der Waals surface area contributed by atoms with E-state index >= 15 is 0 Å². The number of ether oxygens (including phenoxy) is 1. The first-order valence-corrected chi connectivity index (χ1v) is 4.33. The van der Waals surface area contributed by atoms with E-state index in [4.69, 9.17) is 22.1 Å². The highest BCUT2D eigenvalue weighted by atomic mass is 35.5. The fraction of sp³-hybridized carbons (Fsp3) is 0.333. The maximum absolute atomic E-state index is 11.8. The van der Waals surface area contributed by atoms with E-state index in [1.165, 1.54) is 0 Å². The molecule has 0 radical (unpaired) electrons. The van der Waals surface area contributed by atoms with E-state index in [2.05, 4.69) is 0 Å². The Labute approximate surface area is 81.4 Å². The van der Waals surface area contributed by atoms with Crippen molar-refractivity contribution in [1.82, 2.24) is 0 Å². The minimum atomic E-state index is -0.507. The molecule has 1 aromatic carbocycles. The lowest BCUT2D eigenvalue weighted by Gasteiger charge is -2.08. The monoisotopic (exact) mass is 203 g/mol. The summed E-state index contributed by atoms with van der Waals surface area (Å²) >= 11 is 5.74. The lowest BCUT2D eigenvalue weighted by molar-refractivity contribution is 0.271. The van der Waals surface area contributed by atoms with Crippen LogP contribution < -0.4 is 10.5 Å². The Balaban J connectivity index is 2.79. The predicted octanol–water partition coefficient (Wildman–Crippen LogP) is 2.15. The molecule has 2 N–H and O–H groups in total. The van der Waals surface area contributed by atoms with Gasteiger partial charge in [-0.05, 0) is 18.2 Å². The van der Waals surface area contributed by atoms with Crippen molar-refractivity contribution in [2.24, 2.45) is 5.73 Å². The molecule has 1 aromatic rings. The van der Waals surface area contributed by atoms with Crippen molar-refractivity contribution >= 4 is 11.6 Å². The maximum Gasteiger partial charge on any atom is 0.124 e. The maximum atomic E-state index is 11.8. The van der Waals surface area contributed by atoms with Crippen molar-refractivity contribution in [1.29, 1.82) is 0 Å². The largest absolute Gasteiger partial charge is 0.491 e.